The van der Waals surface area contributed by atoms with E-state index in [9.17, 15) is 13.2 Å². The van der Waals surface area contributed by atoms with Gasteiger partial charge in [-0.05, 0) is 69.5 Å². The Morgan fingerprint density at radius 2 is 1.60 bits per heavy atom. The van der Waals surface area contributed by atoms with Gasteiger partial charge in [-0.1, -0.05) is 24.3 Å². The third kappa shape index (κ3) is 6.96. The number of sulfonamides is 1. The lowest BCUT2D eigenvalue weighted by Crippen LogP contribution is -2.18. The first-order valence-corrected chi connectivity index (χ1v) is 14.0. The Morgan fingerprint density at radius 3 is 2.27 bits per heavy atom. The van der Waals surface area contributed by atoms with Crippen molar-refractivity contribution in [3.63, 3.8) is 0 Å². The fourth-order valence-electron chi connectivity index (χ4n) is 3.98. The van der Waals surface area contributed by atoms with Crippen LogP contribution >= 0.6 is 0 Å². The minimum Gasteiger partial charge on any atom is -0.493 e. The molecular weight excluding hydrogens is 532 g/mol. The van der Waals surface area contributed by atoms with Gasteiger partial charge in [-0.3, -0.25) is 9.52 Å². The van der Waals surface area contributed by atoms with Crippen LogP contribution in [0, 0.1) is 0 Å². The molecule has 3 aromatic carbocycles. The van der Waals surface area contributed by atoms with Gasteiger partial charge in [0.25, 0.3) is 10.0 Å². The van der Waals surface area contributed by atoms with Gasteiger partial charge in [-0.2, -0.15) is 0 Å². The average molecular weight is 565 g/mol. The number of hydrogen-bond donors (Lipinski definition) is 3. The Labute approximate surface area is 233 Å². The summed E-state index contributed by atoms with van der Waals surface area (Å²) in [7, 11) is 2.79. The Morgan fingerprint density at radius 1 is 0.900 bits per heavy atom. The minimum atomic E-state index is -4.12. The van der Waals surface area contributed by atoms with Gasteiger partial charge in [-0.15, -0.1) is 0 Å². The largest absolute Gasteiger partial charge is 0.493 e. The van der Waals surface area contributed by atoms with Crippen LogP contribution in [0.25, 0.3) is 11.0 Å². The van der Waals surface area contributed by atoms with Crippen molar-refractivity contribution in [2.24, 2.45) is 0 Å². The maximum absolute atomic E-state index is 13.5. The molecule has 1 heterocycles. The summed E-state index contributed by atoms with van der Waals surface area (Å²) in [4.78, 5) is 23.5. The molecule has 4 rings (SSSR count). The highest BCUT2D eigenvalue weighted by molar-refractivity contribution is 7.92. The van der Waals surface area contributed by atoms with Crippen LogP contribution in [0.2, 0.25) is 0 Å². The average Bonchev–Trinajstić information content (AvgIpc) is 2.93. The zero-order chi connectivity index (χ0) is 28.7. The summed E-state index contributed by atoms with van der Waals surface area (Å²) in [6, 6.07) is 18.4. The topological polar surface area (TPSA) is 135 Å². The number of fused-ring (bicyclic) bond motifs is 1. The predicted molar refractivity (Wildman–Crippen MR) is 156 cm³/mol. The third-order valence-corrected chi connectivity index (χ3v) is 7.23. The van der Waals surface area contributed by atoms with Gasteiger partial charge in [0.1, 0.15) is 0 Å². The van der Waals surface area contributed by atoms with Crippen molar-refractivity contribution >= 4 is 50.0 Å². The molecule has 4 aromatic rings. The lowest BCUT2D eigenvalue weighted by atomic mass is 10.2. The zero-order valence-electron chi connectivity index (χ0n) is 22.8. The van der Waals surface area contributed by atoms with E-state index < -0.39 is 10.0 Å². The molecule has 0 atom stereocenters. The summed E-state index contributed by atoms with van der Waals surface area (Å²) < 4.78 is 40.4. The van der Waals surface area contributed by atoms with Crippen LogP contribution in [0.4, 0.5) is 23.0 Å². The number of methoxy groups -OCH3 is 2. The summed E-state index contributed by atoms with van der Waals surface area (Å²) >= 11 is 0. The van der Waals surface area contributed by atoms with E-state index in [0.717, 1.165) is 6.54 Å². The Hall–Kier alpha value is -4.42. The highest BCUT2D eigenvalue weighted by atomic mass is 32.2. The van der Waals surface area contributed by atoms with Crippen LogP contribution in [0.1, 0.15) is 12.8 Å². The number of para-hydroxylation sites is 3. The predicted octanol–water partition coefficient (Wildman–Crippen LogP) is 4.47. The van der Waals surface area contributed by atoms with Gasteiger partial charge in [0.05, 0.1) is 35.8 Å². The molecule has 0 saturated heterocycles. The van der Waals surface area contributed by atoms with Crippen LogP contribution < -0.4 is 24.8 Å². The standard InChI is InChI=1S/C28H32N6O5S/c1-34(2)17-9-16-25(35)29-19-10-7-11-20(18-19)40(36,37)33-28-27(30-21-12-5-6-13-22(21)31-28)32-23-14-8-15-24(38-3)26(23)39-4/h5-8,10-15,18H,9,16-17H2,1-4H3,(H,29,35)(H,30,32)(H,31,33). The highest BCUT2D eigenvalue weighted by Crippen LogP contribution is 2.37. The lowest BCUT2D eigenvalue weighted by molar-refractivity contribution is -0.116. The van der Waals surface area contributed by atoms with Crippen molar-refractivity contribution in [1.82, 2.24) is 14.9 Å². The number of nitrogens with zero attached hydrogens (tertiary/aromatic N) is 3. The molecule has 0 aliphatic heterocycles. The molecular formula is C28H32N6O5S. The van der Waals surface area contributed by atoms with E-state index in [1.807, 2.05) is 25.1 Å². The van der Waals surface area contributed by atoms with Crippen LogP contribution in [0.3, 0.4) is 0 Å². The molecule has 0 aliphatic rings. The molecule has 12 heteroatoms. The number of anilines is 4. The summed E-state index contributed by atoms with van der Waals surface area (Å²) in [6.07, 6.45) is 1.01. The van der Waals surface area contributed by atoms with E-state index in [1.165, 1.54) is 26.4 Å². The summed E-state index contributed by atoms with van der Waals surface area (Å²) in [5.41, 5.74) is 1.95. The SMILES string of the molecule is COc1cccc(Nc2nc3ccccc3nc2NS(=O)(=O)c2cccc(NC(=O)CCCN(C)C)c2)c1OC. The van der Waals surface area contributed by atoms with E-state index in [4.69, 9.17) is 9.47 Å². The fourth-order valence-corrected chi connectivity index (χ4v) is 5.03. The van der Waals surface area contributed by atoms with E-state index in [0.29, 0.717) is 46.7 Å². The van der Waals surface area contributed by atoms with Crippen LogP contribution in [0.15, 0.2) is 71.6 Å². The van der Waals surface area contributed by atoms with Gasteiger partial charge in [0.2, 0.25) is 5.91 Å². The summed E-state index contributed by atoms with van der Waals surface area (Å²) in [6.45, 7) is 0.774. The van der Waals surface area contributed by atoms with Crippen molar-refractivity contribution in [1.29, 1.82) is 0 Å². The molecule has 210 valence electrons. The van der Waals surface area contributed by atoms with Crippen LogP contribution in [-0.4, -0.2) is 64.1 Å². The van der Waals surface area contributed by atoms with Gasteiger partial charge < -0.3 is 25.0 Å². The van der Waals surface area contributed by atoms with Crippen molar-refractivity contribution in [3.05, 3.63) is 66.7 Å². The Balaban J connectivity index is 1.64. The van der Waals surface area contributed by atoms with Gasteiger partial charge in [-0.25, -0.2) is 18.4 Å². The number of amides is 1. The second kappa shape index (κ2) is 12.6. The normalized spacial score (nSPS) is 11.3. The maximum Gasteiger partial charge on any atom is 0.263 e. The summed E-state index contributed by atoms with van der Waals surface area (Å²) in [5.74, 6) is 0.871. The first-order valence-electron chi connectivity index (χ1n) is 12.5. The number of carbonyl (C=O) groups excluding carboxylic acids is 1. The van der Waals surface area contributed by atoms with Crippen LogP contribution in [-0.2, 0) is 14.8 Å². The molecule has 0 bridgehead atoms. The van der Waals surface area contributed by atoms with E-state index >= 15 is 0 Å². The maximum atomic E-state index is 13.5. The molecule has 1 amide bonds. The Kier molecular flexibility index (Phi) is 9.02. The van der Waals surface area contributed by atoms with Crippen LogP contribution in [0.5, 0.6) is 11.5 Å². The number of ether oxygens (including phenoxy) is 2. The monoisotopic (exact) mass is 564 g/mol. The summed E-state index contributed by atoms with van der Waals surface area (Å²) in [5, 5.41) is 5.90. The quantitative estimate of drug-likeness (QED) is 0.228. The first kappa shape index (κ1) is 28.6. The molecule has 0 radical (unpaired) electrons. The number of hydrogen-bond acceptors (Lipinski definition) is 9. The number of carbonyl (C=O) groups is 1. The van der Waals surface area contributed by atoms with Crippen molar-refractivity contribution < 1.29 is 22.7 Å². The smallest absolute Gasteiger partial charge is 0.263 e. The molecule has 0 aliphatic carbocycles. The fraction of sp³-hybridized carbons (Fsp3) is 0.250. The molecule has 0 saturated carbocycles. The number of aromatic nitrogens is 2. The molecule has 3 N–H and O–H groups in total. The number of benzene rings is 3. The lowest BCUT2D eigenvalue weighted by Gasteiger charge is -2.17. The third-order valence-electron chi connectivity index (χ3n) is 5.89. The zero-order valence-corrected chi connectivity index (χ0v) is 23.6. The van der Waals surface area contributed by atoms with Crippen molar-refractivity contribution in [3.8, 4) is 11.5 Å². The van der Waals surface area contributed by atoms with Gasteiger partial charge >= 0.3 is 0 Å². The Bertz CT molecular complexity index is 1610. The molecule has 0 unspecified atom stereocenters. The molecule has 40 heavy (non-hydrogen) atoms. The first-order chi connectivity index (χ1) is 19.2. The molecule has 1 aromatic heterocycles. The number of rotatable bonds is 12. The van der Waals surface area contributed by atoms with E-state index in [2.05, 4.69) is 25.3 Å². The second-order valence-electron chi connectivity index (χ2n) is 9.16. The molecule has 0 spiro atoms. The van der Waals surface area contributed by atoms with Gasteiger partial charge in [0.15, 0.2) is 23.1 Å². The van der Waals surface area contributed by atoms with Gasteiger partial charge in [0, 0.05) is 12.1 Å². The minimum absolute atomic E-state index is 0.0123. The van der Waals surface area contributed by atoms with E-state index in [1.54, 1.807) is 48.5 Å². The highest BCUT2D eigenvalue weighted by Gasteiger charge is 2.21. The van der Waals surface area contributed by atoms with Crippen molar-refractivity contribution in [2.75, 3.05) is 50.2 Å². The second-order valence-corrected chi connectivity index (χ2v) is 10.8. The molecule has 0 fully saturated rings. The van der Waals surface area contributed by atoms with Crippen molar-refractivity contribution in [2.45, 2.75) is 17.7 Å². The van der Waals surface area contributed by atoms with E-state index in [-0.39, 0.29) is 22.4 Å². The molecule has 11 nitrogen and oxygen atoms in total. The number of nitrogens with one attached hydrogen (secondary N) is 3.